The fourth-order valence-corrected chi connectivity index (χ4v) is 4.45. The van der Waals surface area contributed by atoms with E-state index in [0.717, 1.165) is 44.4 Å². The van der Waals surface area contributed by atoms with Crippen molar-refractivity contribution in [1.82, 2.24) is 29.5 Å². The van der Waals surface area contributed by atoms with Gasteiger partial charge in [0, 0.05) is 51.2 Å². The third-order valence-electron chi connectivity index (χ3n) is 6.63. The van der Waals surface area contributed by atoms with E-state index in [4.69, 9.17) is 0 Å². The van der Waals surface area contributed by atoms with Gasteiger partial charge in [-0.3, -0.25) is 9.48 Å². The number of aryl methyl sites for hydroxylation is 1. The second-order valence-electron chi connectivity index (χ2n) is 9.19. The summed E-state index contributed by atoms with van der Waals surface area (Å²) in [6.45, 7) is 7.65. The summed E-state index contributed by atoms with van der Waals surface area (Å²) in [4.78, 5) is 24.1. The smallest absolute Gasteiger partial charge is 0.369 e. The summed E-state index contributed by atoms with van der Waals surface area (Å²) in [5.74, 6) is -0.307. The van der Waals surface area contributed by atoms with Crippen molar-refractivity contribution in [2.24, 2.45) is 0 Å². The molecule has 1 fully saturated rings. The summed E-state index contributed by atoms with van der Waals surface area (Å²) in [5.41, 5.74) is 0.437. The van der Waals surface area contributed by atoms with Crippen molar-refractivity contribution in [3.63, 3.8) is 0 Å². The average molecular weight is 519 g/mol. The van der Waals surface area contributed by atoms with Crippen molar-refractivity contribution in [2.75, 3.05) is 43.4 Å². The molecule has 0 spiro atoms. The summed E-state index contributed by atoms with van der Waals surface area (Å²) in [6.07, 6.45) is 7.78. The highest BCUT2D eigenvalue weighted by atomic mass is 19.4. The molecule has 0 saturated carbocycles. The topological polar surface area (TPSA) is 91.2 Å². The molecule has 2 aromatic heterocycles. The molecule has 12 heteroatoms. The van der Waals surface area contributed by atoms with Crippen LogP contribution in [-0.2, 0) is 11.0 Å². The lowest BCUT2D eigenvalue weighted by molar-refractivity contribution is -0.137. The number of amides is 1. The first-order valence-electron chi connectivity index (χ1n) is 12.6. The standard InChI is InChI=1S/C25H33F3N8O/c1-3-34-14-9-19(10-15-34)36-17-21(18(2)33-36)31-24-30-16-20(25(26,27)28)23(32-24)29-11-7-13-35-12-6-4-5-8-22(35)37/h4-6,12,16-17,19H,3,7-11,13-15H2,1-2H3,(H2,29,30,31,32). The molecule has 0 unspecified atom stereocenters. The van der Waals surface area contributed by atoms with Crippen LogP contribution in [0, 0.1) is 6.92 Å². The van der Waals surface area contributed by atoms with Crippen LogP contribution in [0.3, 0.4) is 0 Å². The second-order valence-corrected chi connectivity index (χ2v) is 9.19. The van der Waals surface area contributed by atoms with Crippen molar-refractivity contribution in [3.8, 4) is 0 Å². The first-order valence-corrected chi connectivity index (χ1v) is 12.6. The number of nitrogens with one attached hydrogen (secondary N) is 2. The largest absolute Gasteiger partial charge is 0.421 e. The Morgan fingerprint density at radius 3 is 2.70 bits per heavy atom. The van der Waals surface area contributed by atoms with E-state index in [1.165, 1.54) is 0 Å². The second kappa shape index (κ2) is 11.8. The van der Waals surface area contributed by atoms with Gasteiger partial charge in [-0.25, -0.2) is 4.98 Å². The quantitative estimate of drug-likeness (QED) is 0.472. The van der Waals surface area contributed by atoms with Crippen LogP contribution in [0.15, 0.2) is 36.8 Å². The van der Waals surface area contributed by atoms with E-state index in [-0.39, 0.29) is 30.3 Å². The van der Waals surface area contributed by atoms with E-state index in [9.17, 15) is 18.0 Å². The van der Waals surface area contributed by atoms with E-state index in [2.05, 4.69) is 37.5 Å². The maximum atomic E-state index is 13.6. The minimum atomic E-state index is -4.61. The van der Waals surface area contributed by atoms with E-state index in [0.29, 0.717) is 25.1 Å². The number of nitrogens with zero attached hydrogens (tertiary/aromatic N) is 6. The average Bonchev–Trinajstić information content (AvgIpc) is 3.10. The summed E-state index contributed by atoms with van der Waals surface area (Å²) >= 11 is 0. The number of piperidine rings is 1. The predicted octanol–water partition coefficient (Wildman–Crippen LogP) is 4.50. The van der Waals surface area contributed by atoms with Gasteiger partial charge in [-0.2, -0.15) is 23.3 Å². The van der Waals surface area contributed by atoms with Gasteiger partial charge < -0.3 is 20.4 Å². The molecule has 1 amide bonds. The molecule has 0 radical (unpaired) electrons. The van der Waals surface area contributed by atoms with Crippen LogP contribution in [0.1, 0.15) is 49.9 Å². The minimum absolute atomic E-state index is 0.0515. The van der Waals surface area contributed by atoms with Gasteiger partial charge >= 0.3 is 6.18 Å². The van der Waals surface area contributed by atoms with Gasteiger partial charge in [0.05, 0.1) is 17.4 Å². The number of allylic oxidation sites excluding steroid dienone is 2. The molecule has 37 heavy (non-hydrogen) atoms. The van der Waals surface area contributed by atoms with Crippen LogP contribution in [0.4, 0.5) is 30.6 Å². The van der Waals surface area contributed by atoms with Crippen LogP contribution in [0.2, 0.25) is 0 Å². The molecule has 9 nitrogen and oxygen atoms in total. The molecule has 0 atom stereocenters. The Labute approximate surface area is 214 Å². The fraction of sp³-hybridized carbons (Fsp3) is 0.520. The van der Waals surface area contributed by atoms with Gasteiger partial charge in [0.2, 0.25) is 11.9 Å². The zero-order valence-corrected chi connectivity index (χ0v) is 21.1. The summed E-state index contributed by atoms with van der Waals surface area (Å²) in [7, 11) is 0. The van der Waals surface area contributed by atoms with Gasteiger partial charge in [0.15, 0.2) is 0 Å². The molecule has 2 aromatic rings. The molecule has 2 aliphatic heterocycles. The highest BCUT2D eigenvalue weighted by molar-refractivity contribution is 5.79. The number of carbonyl (C=O) groups is 1. The highest BCUT2D eigenvalue weighted by Crippen LogP contribution is 2.34. The number of rotatable bonds is 9. The van der Waals surface area contributed by atoms with E-state index in [1.807, 2.05) is 17.8 Å². The fourth-order valence-electron chi connectivity index (χ4n) is 4.45. The number of halogens is 3. The lowest BCUT2D eigenvalue weighted by Crippen LogP contribution is -2.34. The van der Waals surface area contributed by atoms with Crippen LogP contribution >= 0.6 is 0 Å². The monoisotopic (exact) mass is 518 g/mol. The first-order chi connectivity index (χ1) is 17.7. The maximum Gasteiger partial charge on any atom is 0.421 e. The van der Waals surface area contributed by atoms with Crippen molar-refractivity contribution < 1.29 is 18.0 Å². The SMILES string of the molecule is CCN1CCC(n2cc(Nc3ncc(C(F)(F)F)c(NCCCN4C=CC=CCC4=O)n3)c(C)n2)CC1. The molecule has 1 saturated heterocycles. The lowest BCUT2D eigenvalue weighted by atomic mass is 10.1. The number of hydrogen-bond donors (Lipinski definition) is 2. The molecular formula is C25H33F3N8O. The van der Waals surface area contributed by atoms with Crippen molar-refractivity contribution in [2.45, 2.75) is 51.7 Å². The normalized spacial score (nSPS) is 17.3. The molecule has 200 valence electrons. The lowest BCUT2D eigenvalue weighted by Gasteiger charge is -2.31. The first kappa shape index (κ1) is 26.6. The molecule has 4 rings (SSSR count). The molecule has 0 aliphatic carbocycles. The molecule has 4 heterocycles. The zero-order valence-electron chi connectivity index (χ0n) is 21.1. The molecule has 2 N–H and O–H groups in total. The number of aromatic nitrogens is 4. The Kier molecular flexibility index (Phi) is 8.47. The Balaban J connectivity index is 1.41. The van der Waals surface area contributed by atoms with Gasteiger partial charge in [-0.1, -0.05) is 19.1 Å². The van der Waals surface area contributed by atoms with E-state index in [1.54, 1.807) is 29.3 Å². The van der Waals surface area contributed by atoms with Gasteiger partial charge in [-0.15, -0.1) is 0 Å². The summed E-state index contributed by atoms with van der Waals surface area (Å²) < 4.78 is 42.7. The van der Waals surface area contributed by atoms with Crippen LogP contribution in [0.5, 0.6) is 0 Å². The van der Waals surface area contributed by atoms with Crippen LogP contribution in [-0.4, -0.2) is 68.2 Å². The number of alkyl halides is 3. The number of hydrogen-bond acceptors (Lipinski definition) is 7. The molecular weight excluding hydrogens is 485 g/mol. The predicted molar refractivity (Wildman–Crippen MR) is 135 cm³/mol. The van der Waals surface area contributed by atoms with Crippen LogP contribution < -0.4 is 10.6 Å². The summed E-state index contributed by atoms with van der Waals surface area (Å²) in [6, 6.07) is 0.282. The Bertz CT molecular complexity index is 1140. The molecule has 2 aliphatic rings. The molecule has 0 bridgehead atoms. The Morgan fingerprint density at radius 1 is 1.19 bits per heavy atom. The Morgan fingerprint density at radius 2 is 1.97 bits per heavy atom. The third kappa shape index (κ3) is 6.88. The van der Waals surface area contributed by atoms with Crippen LogP contribution in [0.25, 0.3) is 0 Å². The van der Waals surface area contributed by atoms with Gasteiger partial charge in [-0.05, 0) is 38.8 Å². The van der Waals surface area contributed by atoms with Crippen molar-refractivity contribution >= 4 is 23.4 Å². The van der Waals surface area contributed by atoms with E-state index < -0.39 is 11.7 Å². The maximum absolute atomic E-state index is 13.6. The van der Waals surface area contributed by atoms with E-state index >= 15 is 0 Å². The molecule has 0 aromatic carbocycles. The van der Waals surface area contributed by atoms with Crippen molar-refractivity contribution in [3.05, 3.63) is 48.1 Å². The number of carbonyl (C=O) groups excluding carboxylic acids is 1. The Hall–Kier alpha value is -3.41. The van der Waals surface area contributed by atoms with Gasteiger partial charge in [0.1, 0.15) is 11.4 Å². The highest BCUT2D eigenvalue weighted by Gasteiger charge is 2.35. The zero-order chi connectivity index (χ0) is 26.4. The minimum Gasteiger partial charge on any atom is -0.369 e. The summed E-state index contributed by atoms with van der Waals surface area (Å²) in [5, 5.41) is 10.4. The van der Waals surface area contributed by atoms with Gasteiger partial charge in [0.25, 0.3) is 0 Å². The number of likely N-dealkylation sites (tertiary alicyclic amines) is 1. The third-order valence-corrected chi connectivity index (χ3v) is 6.63. The number of anilines is 3. The van der Waals surface area contributed by atoms with Crippen molar-refractivity contribution in [1.29, 1.82) is 0 Å².